The molecule has 0 aliphatic carbocycles. The van der Waals surface area contributed by atoms with Gasteiger partial charge in [-0.2, -0.15) is 4.98 Å². The normalized spacial score (nSPS) is 13.4. The standard InChI is InChI=1S/C16H22FN3O/c1-10-5-6-12(17)7-13(10)14-19-15(21-20-14)11(9-18)8-16(2,3)4/h5-7,11H,8-9,18H2,1-4H3. The zero-order chi connectivity index (χ0) is 15.6. The van der Waals surface area contributed by atoms with Crippen molar-refractivity contribution in [3.8, 4) is 11.4 Å². The largest absolute Gasteiger partial charge is 0.339 e. The van der Waals surface area contributed by atoms with Gasteiger partial charge in [0.1, 0.15) is 5.82 Å². The predicted octanol–water partition coefficient (Wildman–Crippen LogP) is 3.66. The van der Waals surface area contributed by atoms with Crippen LogP contribution >= 0.6 is 0 Å². The third kappa shape index (κ3) is 3.88. The van der Waals surface area contributed by atoms with Crippen LogP contribution < -0.4 is 5.73 Å². The molecule has 0 radical (unpaired) electrons. The molecule has 2 aromatic rings. The number of rotatable bonds is 4. The highest BCUT2D eigenvalue weighted by atomic mass is 19.1. The molecule has 0 saturated heterocycles. The second kappa shape index (κ2) is 5.93. The van der Waals surface area contributed by atoms with E-state index in [0.29, 0.717) is 23.8 Å². The minimum Gasteiger partial charge on any atom is -0.339 e. The van der Waals surface area contributed by atoms with Crippen LogP contribution in [0.5, 0.6) is 0 Å². The van der Waals surface area contributed by atoms with E-state index in [4.69, 9.17) is 10.3 Å². The summed E-state index contributed by atoms with van der Waals surface area (Å²) < 4.78 is 18.7. The Hall–Kier alpha value is -1.75. The Morgan fingerprint density at radius 3 is 2.67 bits per heavy atom. The molecular weight excluding hydrogens is 269 g/mol. The summed E-state index contributed by atoms with van der Waals surface area (Å²) in [7, 11) is 0. The Balaban J connectivity index is 2.30. The lowest BCUT2D eigenvalue weighted by Crippen LogP contribution is -2.19. The molecule has 2 N–H and O–H groups in total. The van der Waals surface area contributed by atoms with Crippen molar-refractivity contribution in [2.45, 2.75) is 40.0 Å². The van der Waals surface area contributed by atoms with Crippen LogP contribution in [0.25, 0.3) is 11.4 Å². The van der Waals surface area contributed by atoms with Gasteiger partial charge >= 0.3 is 0 Å². The van der Waals surface area contributed by atoms with Gasteiger partial charge in [0.05, 0.1) is 5.92 Å². The quantitative estimate of drug-likeness (QED) is 0.933. The molecule has 0 aliphatic rings. The van der Waals surface area contributed by atoms with Crippen molar-refractivity contribution < 1.29 is 8.91 Å². The number of nitrogens with two attached hydrogens (primary N) is 1. The van der Waals surface area contributed by atoms with Gasteiger partial charge in [-0.25, -0.2) is 4.39 Å². The highest BCUT2D eigenvalue weighted by Crippen LogP contribution is 2.31. The SMILES string of the molecule is Cc1ccc(F)cc1-c1noc(C(CN)CC(C)(C)C)n1. The molecule has 0 bridgehead atoms. The second-order valence-electron chi connectivity index (χ2n) is 6.61. The lowest BCUT2D eigenvalue weighted by molar-refractivity contribution is 0.287. The number of halogens is 1. The van der Waals surface area contributed by atoms with Crippen LogP contribution in [-0.4, -0.2) is 16.7 Å². The summed E-state index contributed by atoms with van der Waals surface area (Å²) in [5, 5.41) is 3.98. The van der Waals surface area contributed by atoms with Gasteiger partial charge in [-0.3, -0.25) is 0 Å². The van der Waals surface area contributed by atoms with Crippen molar-refractivity contribution in [2.75, 3.05) is 6.54 Å². The smallest absolute Gasteiger partial charge is 0.231 e. The topological polar surface area (TPSA) is 64.9 Å². The van der Waals surface area contributed by atoms with E-state index in [1.807, 2.05) is 6.92 Å². The second-order valence-corrected chi connectivity index (χ2v) is 6.61. The van der Waals surface area contributed by atoms with Crippen LogP contribution in [-0.2, 0) is 0 Å². The zero-order valence-corrected chi connectivity index (χ0v) is 13.0. The predicted molar refractivity (Wildman–Crippen MR) is 80.3 cm³/mol. The fraction of sp³-hybridized carbons (Fsp3) is 0.500. The van der Waals surface area contributed by atoms with E-state index in [9.17, 15) is 4.39 Å². The minimum absolute atomic E-state index is 0.0140. The lowest BCUT2D eigenvalue weighted by Gasteiger charge is -2.22. The molecule has 0 aliphatic heterocycles. The molecule has 1 atom stereocenters. The van der Waals surface area contributed by atoms with Crippen LogP contribution in [0.1, 0.15) is 44.6 Å². The summed E-state index contributed by atoms with van der Waals surface area (Å²) in [6.45, 7) is 8.76. The minimum atomic E-state index is -0.313. The van der Waals surface area contributed by atoms with Crippen molar-refractivity contribution in [1.82, 2.24) is 10.1 Å². The molecule has 5 heteroatoms. The molecule has 0 saturated carbocycles. The molecule has 0 amide bonds. The third-order valence-electron chi connectivity index (χ3n) is 3.37. The van der Waals surface area contributed by atoms with Crippen LogP contribution in [0.3, 0.4) is 0 Å². The zero-order valence-electron chi connectivity index (χ0n) is 13.0. The monoisotopic (exact) mass is 291 g/mol. The summed E-state index contributed by atoms with van der Waals surface area (Å²) in [5.41, 5.74) is 7.50. The lowest BCUT2D eigenvalue weighted by atomic mass is 9.84. The maximum Gasteiger partial charge on any atom is 0.231 e. The Kier molecular flexibility index (Phi) is 4.42. The first-order valence-corrected chi connectivity index (χ1v) is 7.10. The van der Waals surface area contributed by atoms with Gasteiger partial charge in [-0.1, -0.05) is 32.0 Å². The average molecular weight is 291 g/mol. The molecule has 0 spiro atoms. The first kappa shape index (κ1) is 15.6. The molecule has 21 heavy (non-hydrogen) atoms. The van der Waals surface area contributed by atoms with Crippen LogP contribution in [0.4, 0.5) is 4.39 Å². The Labute approximate surface area is 124 Å². The first-order valence-electron chi connectivity index (χ1n) is 7.10. The van der Waals surface area contributed by atoms with Gasteiger partial charge in [0, 0.05) is 12.1 Å². The number of aromatic nitrogens is 2. The van der Waals surface area contributed by atoms with Crippen molar-refractivity contribution >= 4 is 0 Å². The summed E-state index contributed by atoms with van der Waals surface area (Å²) in [4.78, 5) is 4.41. The van der Waals surface area contributed by atoms with Crippen molar-refractivity contribution in [3.05, 3.63) is 35.5 Å². The van der Waals surface area contributed by atoms with Gasteiger partial charge < -0.3 is 10.3 Å². The third-order valence-corrected chi connectivity index (χ3v) is 3.37. The summed E-state index contributed by atoms with van der Waals surface area (Å²) in [6.07, 6.45) is 0.854. The Morgan fingerprint density at radius 1 is 1.33 bits per heavy atom. The molecule has 2 rings (SSSR count). The maximum absolute atomic E-state index is 13.4. The molecular formula is C16H22FN3O. The van der Waals surface area contributed by atoms with Gasteiger partial charge in [0.2, 0.25) is 11.7 Å². The van der Waals surface area contributed by atoms with Crippen molar-refractivity contribution in [2.24, 2.45) is 11.1 Å². The highest BCUT2D eigenvalue weighted by Gasteiger charge is 2.24. The maximum atomic E-state index is 13.4. The number of benzene rings is 1. The summed E-state index contributed by atoms with van der Waals surface area (Å²) >= 11 is 0. The molecule has 1 aromatic heterocycles. The van der Waals surface area contributed by atoms with Gasteiger partial charge in [-0.15, -0.1) is 0 Å². The Morgan fingerprint density at radius 2 is 2.05 bits per heavy atom. The van der Waals surface area contributed by atoms with Crippen molar-refractivity contribution in [1.29, 1.82) is 0 Å². The number of hydrogen-bond donors (Lipinski definition) is 1. The van der Waals surface area contributed by atoms with E-state index in [1.54, 1.807) is 6.07 Å². The number of hydrogen-bond acceptors (Lipinski definition) is 4. The molecule has 0 fully saturated rings. The molecule has 4 nitrogen and oxygen atoms in total. The van der Waals surface area contributed by atoms with Crippen molar-refractivity contribution in [3.63, 3.8) is 0 Å². The van der Waals surface area contributed by atoms with E-state index in [1.165, 1.54) is 12.1 Å². The summed E-state index contributed by atoms with van der Waals surface area (Å²) in [6, 6.07) is 4.55. The molecule has 114 valence electrons. The Bertz CT molecular complexity index is 616. The fourth-order valence-corrected chi connectivity index (χ4v) is 2.36. The molecule has 1 heterocycles. The van der Waals surface area contributed by atoms with Crippen LogP contribution in [0.15, 0.2) is 22.7 Å². The molecule has 1 unspecified atom stereocenters. The number of aryl methyl sites for hydroxylation is 1. The van der Waals surface area contributed by atoms with E-state index in [2.05, 4.69) is 30.9 Å². The van der Waals surface area contributed by atoms with Gasteiger partial charge in [-0.05, 0) is 36.5 Å². The first-order chi connectivity index (χ1) is 9.80. The van der Waals surface area contributed by atoms with E-state index in [0.717, 1.165) is 12.0 Å². The average Bonchev–Trinajstić information content (AvgIpc) is 2.87. The van der Waals surface area contributed by atoms with Gasteiger partial charge in [0.25, 0.3) is 0 Å². The molecule has 1 aromatic carbocycles. The van der Waals surface area contributed by atoms with E-state index < -0.39 is 0 Å². The van der Waals surface area contributed by atoms with E-state index >= 15 is 0 Å². The fourth-order valence-electron chi connectivity index (χ4n) is 2.36. The van der Waals surface area contributed by atoms with Gasteiger partial charge in [0.15, 0.2) is 0 Å². The van der Waals surface area contributed by atoms with E-state index in [-0.39, 0.29) is 17.2 Å². The summed E-state index contributed by atoms with van der Waals surface area (Å²) in [5.74, 6) is 0.632. The highest BCUT2D eigenvalue weighted by molar-refractivity contribution is 5.59. The number of nitrogens with zero attached hydrogens (tertiary/aromatic N) is 2. The van der Waals surface area contributed by atoms with Crippen LogP contribution in [0.2, 0.25) is 0 Å². The van der Waals surface area contributed by atoms with Crippen LogP contribution in [0, 0.1) is 18.2 Å².